The smallest absolute Gasteiger partial charge is 0.191 e. The van der Waals surface area contributed by atoms with Crippen LogP contribution >= 0.6 is 23.2 Å². The van der Waals surface area contributed by atoms with Crippen LogP contribution in [-0.4, -0.2) is 33.8 Å². The van der Waals surface area contributed by atoms with Crippen LogP contribution in [0.3, 0.4) is 0 Å². The molecule has 0 amide bonds. The summed E-state index contributed by atoms with van der Waals surface area (Å²) in [5, 5.41) is 16.1. The number of nitrogens with zero attached hydrogens (tertiary/aromatic N) is 4. The number of halogens is 2. The maximum absolute atomic E-state index is 6.20. The summed E-state index contributed by atoms with van der Waals surface area (Å²) in [5.41, 5.74) is 1.10. The van der Waals surface area contributed by atoms with E-state index >= 15 is 0 Å². The summed E-state index contributed by atoms with van der Waals surface area (Å²) in [6.45, 7) is 6.04. The van der Waals surface area contributed by atoms with Crippen molar-refractivity contribution in [3.63, 3.8) is 0 Å². The summed E-state index contributed by atoms with van der Waals surface area (Å²) < 4.78 is 1.94. The highest BCUT2D eigenvalue weighted by molar-refractivity contribution is 6.35. The Hall–Kier alpha value is -1.79. The Bertz CT molecular complexity index is 726. The van der Waals surface area contributed by atoms with E-state index in [-0.39, 0.29) is 0 Å². The van der Waals surface area contributed by atoms with Gasteiger partial charge < -0.3 is 15.2 Å². The van der Waals surface area contributed by atoms with Gasteiger partial charge in [0, 0.05) is 30.2 Å². The number of guanidine groups is 1. The molecule has 1 aromatic heterocycles. The fourth-order valence-corrected chi connectivity index (χ4v) is 2.79. The summed E-state index contributed by atoms with van der Waals surface area (Å²) in [7, 11) is 1.94. The van der Waals surface area contributed by atoms with Crippen molar-refractivity contribution in [3.05, 3.63) is 45.5 Å². The fourth-order valence-electron chi connectivity index (χ4n) is 2.29. The van der Waals surface area contributed by atoms with E-state index in [9.17, 15) is 0 Å². The topological polar surface area (TPSA) is 67.1 Å². The van der Waals surface area contributed by atoms with E-state index in [2.05, 4.69) is 25.8 Å². The second-order valence-electron chi connectivity index (χ2n) is 5.68. The maximum atomic E-state index is 6.20. The van der Waals surface area contributed by atoms with Crippen molar-refractivity contribution in [2.75, 3.05) is 13.1 Å². The lowest BCUT2D eigenvalue weighted by Crippen LogP contribution is -2.38. The van der Waals surface area contributed by atoms with Gasteiger partial charge in [-0.15, -0.1) is 10.2 Å². The van der Waals surface area contributed by atoms with Gasteiger partial charge in [-0.3, -0.25) is 0 Å². The molecule has 0 aliphatic carbocycles. The Balaban J connectivity index is 1.84. The largest absolute Gasteiger partial charge is 0.357 e. The van der Waals surface area contributed by atoms with Crippen LogP contribution in [-0.2, 0) is 20.0 Å². The summed E-state index contributed by atoms with van der Waals surface area (Å²) in [5.74, 6) is 2.48. The maximum Gasteiger partial charge on any atom is 0.191 e. The minimum Gasteiger partial charge on any atom is -0.357 e. The van der Waals surface area contributed by atoms with E-state index in [0.717, 1.165) is 49.1 Å². The minimum absolute atomic E-state index is 0.482. The van der Waals surface area contributed by atoms with Crippen LogP contribution in [0.5, 0.6) is 0 Å². The van der Waals surface area contributed by atoms with Crippen LogP contribution < -0.4 is 10.6 Å². The van der Waals surface area contributed by atoms with Crippen LogP contribution in [0.15, 0.2) is 23.2 Å². The highest BCUT2D eigenvalue weighted by atomic mass is 35.5. The lowest BCUT2D eigenvalue weighted by Gasteiger charge is -2.11. The molecule has 0 atom stereocenters. The van der Waals surface area contributed by atoms with Crippen molar-refractivity contribution in [3.8, 4) is 0 Å². The summed E-state index contributed by atoms with van der Waals surface area (Å²) in [6, 6.07) is 5.62. The molecule has 6 nitrogen and oxygen atoms in total. The van der Waals surface area contributed by atoms with Crippen molar-refractivity contribution in [1.82, 2.24) is 25.4 Å². The lowest BCUT2D eigenvalue weighted by atomic mass is 10.1. The molecule has 1 heterocycles. The lowest BCUT2D eigenvalue weighted by molar-refractivity contribution is 0.730. The summed E-state index contributed by atoms with van der Waals surface area (Å²) in [6.07, 6.45) is 1.82. The molecule has 0 aliphatic heterocycles. The second-order valence-corrected chi connectivity index (χ2v) is 6.53. The third-order valence-corrected chi connectivity index (χ3v) is 4.42. The number of nitrogens with one attached hydrogen (secondary N) is 2. The van der Waals surface area contributed by atoms with Gasteiger partial charge >= 0.3 is 0 Å². The monoisotopic (exact) mass is 382 g/mol. The van der Waals surface area contributed by atoms with Gasteiger partial charge in [-0.1, -0.05) is 29.3 Å². The minimum atomic E-state index is 0.482. The van der Waals surface area contributed by atoms with E-state index in [1.807, 2.05) is 37.6 Å². The molecule has 0 aliphatic rings. The van der Waals surface area contributed by atoms with Crippen molar-refractivity contribution in [2.45, 2.75) is 33.2 Å². The number of rotatable bonds is 7. The number of benzene rings is 1. The molecule has 25 heavy (non-hydrogen) atoms. The number of aryl methyl sites for hydroxylation is 2. The average Bonchev–Trinajstić information content (AvgIpc) is 2.90. The predicted octanol–water partition coefficient (Wildman–Crippen LogP) is 3.12. The van der Waals surface area contributed by atoms with Gasteiger partial charge in [0.2, 0.25) is 0 Å². The molecule has 0 saturated carbocycles. The van der Waals surface area contributed by atoms with E-state index < -0.39 is 0 Å². The normalized spacial score (nSPS) is 11.6. The zero-order valence-electron chi connectivity index (χ0n) is 14.8. The number of aliphatic imine (C=N–C) groups is 1. The van der Waals surface area contributed by atoms with Crippen molar-refractivity contribution >= 4 is 29.2 Å². The van der Waals surface area contributed by atoms with Gasteiger partial charge in [0.25, 0.3) is 0 Å². The van der Waals surface area contributed by atoms with Gasteiger partial charge in [-0.25, -0.2) is 4.99 Å². The van der Waals surface area contributed by atoms with Crippen LogP contribution in [0.1, 0.15) is 30.6 Å². The Morgan fingerprint density at radius 2 is 2.04 bits per heavy atom. The molecule has 8 heteroatoms. The molecule has 0 unspecified atom stereocenters. The van der Waals surface area contributed by atoms with E-state index in [4.69, 9.17) is 23.2 Å². The first-order valence-electron chi connectivity index (χ1n) is 8.32. The molecule has 0 spiro atoms. The van der Waals surface area contributed by atoms with E-state index in [1.54, 1.807) is 6.07 Å². The van der Waals surface area contributed by atoms with E-state index in [0.29, 0.717) is 16.6 Å². The molecular formula is C17H24Cl2N6. The summed E-state index contributed by atoms with van der Waals surface area (Å²) >= 11 is 12.1. The van der Waals surface area contributed by atoms with Gasteiger partial charge in [0.15, 0.2) is 11.8 Å². The molecule has 2 rings (SSSR count). The van der Waals surface area contributed by atoms with Gasteiger partial charge in [0.05, 0.1) is 0 Å². The highest BCUT2D eigenvalue weighted by Crippen LogP contribution is 2.21. The molecule has 0 radical (unpaired) electrons. The number of aromatic nitrogens is 3. The molecule has 0 bridgehead atoms. The zero-order valence-corrected chi connectivity index (χ0v) is 16.3. The van der Waals surface area contributed by atoms with Crippen molar-refractivity contribution < 1.29 is 0 Å². The molecular weight excluding hydrogens is 359 g/mol. The van der Waals surface area contributed by atoms with Crippen LogP contribution in [0.2, 0.25) is 10.0 Å². The predicted molar refractivity (Wildman–Crippen MR) is 103 cm³/mol. The Morgan fingerprint density at radius 1 is 1.24 bits per heavy atom. The van der Waals surface area contributed by atoms with Gasteiger partial charge in [-0.2, -0.15) is 0 Å². The Kier molecular flexibility index (Phi) is 7.52. The zero-order chi connectivity index (χ0) is 18.2. The van der Waals surface area contributed by atoms with Crippen molar-refractivity contribution in [1.29, 1.82) is 0 Å². The molecule has 1 aromatic carbocycles. The van der Waals surface area contributed by atoms with Crippen LogP contribution in [0.25, 0.3) is 0 Å². The molecule has 2 N–H and O–H groups in total. The Labute approximate surface area is 158 Å². The third-order valence-electron chi connectivity index (χ3n) is 3.84. The van der Waals surface area contributed by atoms with E-state index in [1.165, 1.54) is 0 Å². The van der Waals surface area contributed by atoms with Crippen molar-refractivity contribution in [2.24, 2.45) is 12.0 Å². The molecule has 0 fully saturated rings. The quantitative estimate of drug-likeness (QED) is 0.438. The first kappa shape index (κ1) is 19.5. The molecule has 136 valence electrons. The van der Waals surface area contributed by atoms with Crippen LogP contribution in [0, 0.1) is 6.92 Å². The second kappa shape index (κ2) is 9.63. The van der Waals surface area contributed by atoms with Gasteiger partial charge in [-0.05, 0) is 44.4 Å². The average molecular weight is 383 g/mol. The first-order chi connectivity index (χ1) is 12.0. The SMILES string of the molecule is CCNC(=NCc1nnc(C)n1C)NCCCc1ccc(Cl)cc1Cl. The molecule has 2 aromatic rings. The van der Waals surface area contributed by atoms with Gasteiger partial charge in [0.1, 0.15) is 12.4 Å². The molecule has 0 saturated heterocycles. The third kappa shape index (κ3) is 5.90. The Morgan fingerprint density at radius 3 is 2.68 bits per heavy atom. The number of hydrogen-bond acceptors (Lipinski definition) is 3. The first-order valence-corrected chi connectivity index (χ1v) is 9.07. The fraction of sp³-hybridized carbons (Fsp3) is 0.471. The highest BCUT2D eigenvalue weighted by Gasteiger charge is 2.05. The van der Waals surface area contributed by atoms with Crippen LogP contribution in [0.4, 0.5) is 0 Å². The standard InChI is InChI=1S/C17H24Cl2N6/c1-4-20-17(22-11-16-24-23-12(2)25(16)3)21-9-5-6-13-7-8-14(18)10-15(13)19/h7-8,10H,4-6,9,11H2,1-3H3,(H2,20,21,22). The summed E-state index contributed by atoms with van der Waals surface area (Å²) in [4.78, 5) is 4.56. The number of hydrogen-bond donors (Lipinski definition) is 2.